The van der Waals surface area contributed by atoms with Crippen LogP contribution in [0.3, 0.4) is 0 Å². The summed E-state index contributed by atoms with van der Waals surface area (Å²) in [6.07, 6.45) is 3.47. The van der Waals surface area contributed by atoms with Crippen LogP contribution in [-0.4, -0.2) is 20.6 Å². The van der Waals surface area contributed by atoms with E-state index in [1.165, 1.54) is 11.1 Å². The number of rotatable bonds is 5. The molecule has 1 aromatic carbocycles. The second kappa shape index (κ2) is 6.48. The van der Waals surface area contributed by atoms with Crippen molar-refractivity contribution >= 4 is 11.3 Å². The Morgan fingerprint density at radius 3 is 2.55 bits per heavy atom. The van der Waals surface area contributed by atoms with Gasteiger partial charge in [-0.2, -0.15) is 10.5 Å². The molecule has 6 nitrogen and oxygen atoms in total. The third kappa shape index (κ3) is 2.83. The number of hydrogen-bond acceptors (Lipinski definition) is 5. The summed E-state index contributed by atoms with van der Waals surface area (Å²) in [4.78, 5) is 0. The highest BCUT2D eigenvalue weighted by molar-refractivity contribution is 5.75. The number of aryl methyl sites for hydroxylation is 2. The van der Waals surface area contributed by atoms with E-state index in [1.807, 2.05) is 0 Å². The summed E-state index contributed by atoms with van der Waals surface area (Å²) < 4.78 is 0. The predicted molar refractivity (Wildman–Crippen MR) is 76.6 cm³/mol. The molecule has 0 saturated carbocycles. The maximum absolute atomic E-state index is 9.15. The number of hydrogen-bond donors (Lipinski definition) is 2. The van der Waals surface area contributed by atoms with Gasteiger partial charge in [-0.15, -0.1) is 10.2 Å². The Bertz CT molecular complexity index is 614. The molecule has 0 spiro atoms. The van der Waals surface area contributed by atoms with Crippen molar-refractivity contribution in [3.05, 3.63) is 41.4 Å². The van der Waals surface area contributed by atoms with Gasteiger partial charge in [0, 0.05) is 11.9 Å². The van der Waals surface area contributed by atoms with Crippen LogP contribution in [-0.2, 0) is 12.8 Å². The maximum atomic E-state index is 9.15. The zero-order valence-corrected chi connectivity index (χ0v) is 11.5. The second-order valence-electron chi connectivity index (χ2n) is 4.21. The number of benzene rings is 1. The molecular weight excluding hydrogens is 252 g/mol. The predicted octanol–water partition coefficient (Wildman–Crippen LogP) is 2.30. The zero-order valence-electron chi connectivity index (χ0n) is 11.5. The van der Waals surface area contributed by atoms with E-state index in [1.54, 1.807) is 6.20 Å². The fourth-order valence-corrected chi connectivity index (χ4v) is 2.00. The lowest BCUT2D eigenvalue weighted by molar-refractivity contribution is 0.881. The number of H-pyrrole nitrogens is 1. The number of nitrogens with one attached hydrogen (secondary N) is 2. The van der Waals surface area contributed by atoms with Crippen LogP contribution < -0.4 is 5.32 Å². The monoisotopic (exact) mass is 268 g/mol. The number of nitriles is 1. The smallest absolute Gasteiger partial charge is 0.216 e. The van der Waals surface area contributed by atoms with Crippen molar-refractivity contribution < 1.29 is 0 Å². The van der Waals surface area contributed by atoms with Gasteiger partial charge in [0.15, 0.2) is 0 Å². The first kappa shape index (κ1) is 13.7. The average molecular weight is 268 g/mol. The third-order valence-corrected chi connectivity index (χ3v) is 3.07. The highest BCUT2D eigenvalue weighted by atomic mass is 15.5. The molecule has 102 valence electrons. The minimum Gasteiger partial charge on any atom is -0.360 e. The lowest BCUT2D eigenvalue weighted by Crippen LogP contribution is -2.00. The second-order valence-corrected chi connectivity index (χ2v) is 4.21. The summed E-state index contributed by atoms with van der Waals surface area (Å²) in [6.45, 7) is 4.21. The molecule has 2 rings (SSSR count). The summed E-state index contributed by atoms with van der Waals surface area (Å²) >= 11 is 0. The first-order valence-corrected chi connectivity index (χ1v) is 6.51. The molecule has 0 fully saturated rings. The van der Waals surface area contributed by atoms with Crippen molar-refractivity contribution in [2.45, 2.75) is 26.7 Å². The van der Waals surface area contributed by atoms with E-state index in [0.29, 0.717) is 5.57 Å². The van der Waals surface area contributed by atoms with Crippen LogP contribution in [0.4, 0.5) is 5.69 Å². The van der Waals surface area contributed by atoms with Gasteiger partial charge in [0.1, 0.15) is 11.6 Å². The molecule has 20 heavy (non-hydrogen) atoms. The fourth-order valence-electron chi connectivity index (χ4n) is 2.00. The van der Waals surface area contributed by atoms with Gasteiger partial charge in [0.05, 0.1) is 0 Å². The number of aromatic amines is 1. The highest BCUT2D eigenvalue weighted by Crippen LogP contribution is 2.23. The molecule has 1 heterocycles. The lowest BCUT2D eigenvalue weighted by atomic mass is 10.0. The first-order chi connectivity index (χ1) is 9.80. The van der Waals surface area contributed by atoms with Crippen molar-refractivity contribution in [1.82, 2.24) is 20.6 Å². The molecule has 0 atom stereocenters. The maximum Gasteiger partial charge on any atom is 0.216 e. The Kier molecular flexibility index (Phi) is 4.45. The summed E-state index contributed by atoms with van der Waals surface area (Å²) in [5, 5.41) is 25.8. The van der Waals surface area contributed by atoms with Crippen LogP contribution in [0, 0.1) is 11.3 Å². The Morgan fingerprint density at radius 1 is 1.35 bits per heavy atom. The number of anilines is 1. The Hall–Kier alpha value is -2.68. The number of aromatic nitrogens is 4. The molecule has 0 aliphatic heterocycles. The van der Waals surface area contributed by atoms with E-state index in [9.17, 15) is 0 Å². The lowest BCUT2D eigenvalue weighted by Gasteiger charge is -2.12. The van der Waals surface area contributed by atoms with Crippen molar-refractivity contribution in [3.8, 4) is 6.07 Å². The van der Waals surface area contributed by atoms with E-state index >= 15 is 0 Å². The fraction of sp³-hybridized carbons (Fsp3) is 0.286. The standard InChI is InChI=1S/C14H16N6/c1-3-10-6-5-7-11(4-2)13(10)16-9-12(8-15)14-17-19-20-18-14/h5-7,9,16H,3-4H2,1-2H3,(H,17,18,19,20). The first-order valence-electron chi connectivity index (χ1n) is 6.51. The molecule has 1 aromatic heterocycles. The van der Waals surface area contributed by atoms with E-state index in [2.05, 4.69) is 64.1 Å². The largest absolute Gasteiger partial charge is 0.360 e. The average Bonchev–Trinajstić information content (AvgIpc) is 3.02. The van der Waals surface area contributed by atoms with Gasteiger partial charge in [-0.3, -0.25) is 0 Å². The minimum absolute atomic E-state index is 0.284. The van der Waals surface area contributed by atoms with Gasteiger partial charge in [-0.05, 0) is 29.2 Å². The molecule has 0 unspecified atom stereocenters. The number of para-hydroxylation sites is 1. The third-order valence-electron chi connectivity index (χ3n) is 3.07. The topological polar surface area (TPSA) is 90.3 Å². The summed E-state index contributed by atoms with van der Waals surface area (Å²) in [5.41, 5.74) is 3.82. The van der Waals surface area contributed by atoms with E-state index < -0.39 is 0 Å². The number of allylic oxidation sites excluding steroid dienone is 1. The Morgan fingerprint density at radius 2 is 2.05 bits per heavy atom. The van der Waals surface area contributed by atoms with Crippen LogP contribution >= 0.6 is 0 Å². The van der Waals surface area contributed by atoms with Crippen LogP contribution in [0.1, 0.15) is 30.8 Å². The van der Waals surface area contributed by atoms with Crippen LogP contribution in [0.15, 0.2) is 24.4 Å². The molecule has 0 radical (unpaired) electrons. The van der Waals surface area contributed by atoms with Gasteiger partial charge in [-0.25, -0.2) is 0 Å². The molecule has 0 saturated heterocycles. The van der Waals surface area contributed by atoms with Crippen LogP contribution in [0.25, 0.3) is 5.57 Å². The summed E-state index contributed by atoms with van der Waals surface area (Å²) in [5.74, 6) is 0.284. The molecule has 0 aliphatic carbocycles. The van der Waals surface area contributed by atoms with Crippen molar-refractivity contribution in [3.63, 3.8) is 0 Å². The van der Waals surface area contributed by atoms with Crippen molar-refractivity contribution in [1.29, 1.82) is 5.26 Å². The number of nitrogens with zero attached hydrogens (tertiary/aromatic N) is 4. The van der Waals surface area contributed by atoms with Crippen molar-refractivity contribution in [2.75, 3.05) is 5.32 Å². The van der Waals surface area contributed by atoms with Crippen LogP contribution in [0.5, 0.6) is 0 Å². The quantitative estimate of drug-likeness (QED) is 0.812. The molecule has 6 heteroatoms. The Labute approximate surface area is 117 Å². The van der Waals surface area contributed by atoms with Gasteiger partial charge in [0.25, 0.3) is 0 Å². The molecule has 0 amide bonds. The molecule has 2 N–H and O–H groups in total. The minimum atomic E-state index is 0.284. The van der Waals surface area contributed by atoms with Gasteiger partial charge >= 0.3 is 0 Å². The Balaban J connectivity index is 2.32. The van der Waals surface area contributed by atoms with E-state index in [4.69, 9.17) is 5.26 Å². The van der Waals surface area contributed by atoms with Crippen LogP contribution in [0.2, 0.25) is 0 Å². The normalized spacial score (nSPS) is 11.2. The van der Waals surface area contributed by atoms with Gasteiger partial charge in [-0.1, -0.05) is 32.0 Å². The molecule has 0 aliphatic rings. The highest BCUT2D eigenvalue weighted by Gasteiger charge is 2.08. The summed E-state index contributed by atoms with van der Waals surface area (Å²) in [6, 6.07) is 8.27. The number of tetrazole rings is 1. The van der Waals surface area contributed by atoms with Gasteiger partial charge in [0.2, 0.25) is 5.82 Å². The summed E-state index contributed by atoms with van der Waals surface area (Å²) in [7, 11) is 0. The van der Waals surface area contributed by atoms with E-state index in [0.717, 1.165) is 18.5 Å². The molecular formula is C14H16N6. The van der Waals surface area contributed by atoms with Gasteiger partial charge < -0.3 is 5.32 Å². The zero-order chi connectivity index (χ0) is 14.4. The van der Waals surface area contributed by atoms with E-state index in [-0.39, 0.29) is 5.82 Å². The molecule has 2 aromatic rings. The SMILES string of the molecule is CCc1cccc(CC)c1NC=C(C#N)c1nn[nH]n1. The van der Waals surface area contributed by atoms with Crippen molar-refractivity contribution in [2.24, 2.45) is 0 Å². The molecule has 0 bridgehead atoms.